The van der Waals surface area contributed by atoms with Crippen LogP contribution in [0.1, 0.15) is 32.3 Å². The summed E-state index contributed by atoms with van der Waals surface area (Å²) in [6.45, 7) is 6.07. The van der Waals surface area contributed by atoms with E-state index in [-0.39, 0.29) is 6.42 Å². The lowest BCUT2D eigenvalue weighted by molar-refractivity contribution is -0.137. The van der Waals surface area contributed by atoms with Gasteiger partial charge in [-0.1, -0.05) is 13.8 Å². The number of aliphatic carboxylic acids is 1. The highest BCUT2D eigenvalue weighted by Crippen LogP contribution is 2.31. The van der Waals surface area contributed by atoms with Crippen molar-refractivity contribution < 1.29 is 18.3 Å². The van der Waals surface area contributed by atoms with Crippen molar-refractivity contribution in [3.8, 4) is 0 Å². The van der Waals surface area contributed by atoms with Gasteiger partial charge in [-0.3, -0.25) is 4.79 Å². The van der Waals surface area contributed by atoms with E-state index in [4.69, 9.17) is 5.11 Å². The highest BCUT2D eigenvalue weighted by molar-refractivity contribution is 7.89. The molecule has 1 heterocycles. The molecule has 0 saturated carbocycles. The summed E-state index contributed by atoms with van der Waals surface area (Å²) in [5.41, 5.74) is 2.04. The minimum atomic E-state index is -3.43. The van der Waals surface area contributed by atoms with Gasteiger partial charge in [0.1, 0.15) is 0 Å². The number of anilines is 1. The fourth-order valence-electron chi connectivity index (χ4n) is 2.97. The van der Waals surface area contributed by atoms with Gasteiger partial charge < -0.3 is 10.0 Å². The quantitative estimate of drug-likeness (QED) is 0.782. The lowest BCUT2D eigenvalue weighted by Gasteiger charge is -2.21. The summed E-state index contributed by atoms with van der Waals surface area (Å²) < 4.78 is 26.6. The summed E-state index contributed by atoms with van der Waals surface area (Å²) in [6.07, 6.45) is 1.54. The summed E-state index contributed by atoms with van der Waals surface area (Å²) in [5, 5.41) is 8.72. The molecule has 0 spiro atoms. The Morgan fingerprint density at radius 3 is 2.61 bits per heavy atom. The lowest BCUT2D eigenvalue weighted by Crippen LogP contribution is -2.30. The number of hydrogen-bond donors (Lipinski definition) is 1. The van der Waals surface area contributed by atoms with Crippen LogP contribution in [0.5, 0.6) is 0 Å². The van der Waals surface area contributed by atoms with Crippen molar-refractivity contribution in [2.24, 2.45) is 0 Å². The number of benzene rings is 1. The normalized spacial score (nSPS) is 14.3. The molecule has 128 valence electrons. The van der Waals surface area contributed by atoms with Gasteiger partial charge in [-0.15, -0.1) is 0 Å². The number of fused-ring (bicyclic) bond motifs is 1. The zero-order valence-corrected chi connectivity index (χ0v) is 14.5. The highest BCUT2D eigenvalue weighted by Gasteiger charge is 2.25. The van der Waals surface area contributed by atoms with E-state index in [1.807, 2.05) is 19.9 Å². The van der Waals surface area contributed by atoms with Gasteiger partial charge in [0.05, 0.1) is 4.90 Å². The van der Waals surface area contributed by atoms with E-state index in [1.165, 1.54) is 4.31 Å². The molecular formula is C16H24N2O4S. The molecule has 23 heavy (non-hydrogen) atoms. The largest absolute Gasteiger partial charge is 0.481 e. The Balaban J connectivity index is 2.17. The number of nitrogens with zero attached hydrogens (tertiary/aromatic N) is 2. The van der Waals surface area contributed by atoms with Crippen molar-refractivity contribution in [1.82, 2.24) is 4.31 Å². The van der Waals surface area contributed by atoms with Gasteiger partial charge in [0.25, 0.3) is 0 Å². The summed E-state index contributed by atoms with van der Waals surface area (Å²) in [5.74, 6) is -0.787. The fourth-order valence-corrected chi connectivity index (χ4v) is 4.48. The zero-order valence-electron chi connectivity index (χ0n) is 13.7. The van der Waals surface area contributed by atoms with Gasteiger partial charge >= 0.3 is 5.97 Å². The molecule has 7 heteroatoms. The third-order valence-corrected chi connectivity index (χ3v) is 6.25. The number of sulfonamides is 1. The number of hydrogen-bond acceptors (Lipinski definition) is 4. The minimum absolute atomic E-state index is 0.153. The van der Waals surface area contributed by atoms with Crippen molar-refractivity contribution in [2.45, 2.75) is 38.0 Å². The Kier molecular flexibility index (Phi) is 5.64. The Labute approximate surface area is 137 Å². The predicted octanol–water partition coefficient (Wildman–Crippen LogP) is 1.94. The van der Waals surface area contributed by atoms with Gasteiger partial charge in [0.2, 0.25) is 10.0 Å². The molecule has 0 saturated heterocycles. The maximum atomic E-state index is 12.6. The Hall–Kier alpha value is -1.60. The van der Waals surface area contributed by atoms with Crippen molar-refractivity contribution >= 4 is 21.7 Å². The second kappa shape index (κ2) is 7.31. The zero-order chi connectivity index (χ0) is 17.0. The maximum absolute atomic E-state index is 12.6. The lowest BCUT2D eigenvalue weighted by atomic mass is 10.2. The Bertz CT molecular complexity index is 669. The van der Waals surface area contributed by atoms with Gasteiger partial charge in [-0.25, -0.2) is 8.42 Å². The Morgan fingerprint density at radius 1 is 1.30 bits per heavy atom. The van der Waals surface area contributed by atoms with Gasteiger partial charge in [0.15, 0.2) is 0 Å². The smallest absolute Gasteiger partial charge is 0.303 e. The van der Waals surface area contributed by atoms with Gasteiger partial charge in [-0.2, -0.15) is 4.31 Å². The van der Waals surface area contributed by atoms with Crippen LogP contribution in [-0.4, -0.2) is 50.0 Å². The first-order valence-corrected chi connectivity index (χ1v) is 9.44. The van der Waals surface area contributed by atoms with Crippen molar-refractivity contribution in [3.63, 3.8) is 0 Å². The molecule has 0 radical (unpaired) electrons. The van der Waals surface area contributed by atoms with Crippen LogP contribution in [0.3, 0.4) is 0 Å². The molecule has 0 atom stereocenters. The van der Waals surface area contributed by atoms with E-state index in [1.54, 1.807) is 12.1 Å². The number of carbonyl (C=O) groups is 1. The molecule has 0 amide bonds. The molecule has 1 aliphatic rings. The highest BCUT2D eigenvalue weighted by atomic mass is 32.2. The predicted molar refractivity (Wildman–Crippen MR) is 89.3 cm³/mol. The molecular weight excluding hydrogens is 316 g/mol. The van der Waals surface area contributed by atoms with Crippen LogP contribution in [-0.2, 0) is 21.2 Å². The molecule has 6 nitrogen and oxygen atoms in total. The second-order valence-electron chi connectivity index (χ2n) is 5.61. The van der Waals surface area contributed by atoms with Crippen LogP contribution in [0.25, 0.3) is 0 Å². The van der Waals surface area contributed by atoms with E-state index in [0.717, 1.165) is 24.2 Å². The SMILES string of the molecule is CCN(CC)S(=O)(=O)c1ccc2c(c1)CCN2CCCC(=O)O. The van der Waals surface area contributed by atoms with Crippen LogP contribution < -0.4 is 4.90 Å². The molecule has 0 bridgehead atoms. The first-order chi connectivity index (χ1) is 10.9. The van der Waals surface area contributed by atoms with Crippen molar-refractivity contribution in [2.75, 3.05) is 31.1 Å². The molecule has 0 aromatic heterocycles. The molecule has 1 aromatic carbocycles. The van der Waals surface area contributed by atoms with Crippen LogP contribution in [0, 0.1) is 0 Å². The van der Waals surface area contributed by atoms with E-state index >= 15 is 0 Å². The van der Waals surface area contributed by atoms with Crippen LogP contribution >= 0.6 is 0 Å². The van der Waals surface area contributed by atoms with Gasteiger partial charge in [-0.05, 0) is 36.6 Å². The van der Waals surface area contributed by atoms with Crippen LogP contribution in [0.4, 0.5) is 5.69 Å². The number of rotatable bonds is 8. The summed E-state index contributed by atoms with van der Waals surface area (Å²) in [4.78, 5) is 13.1. The van der Waals surface area contributed by atoms with E-state index < -0.39 is 16.0 Å². The van der Waals surface area contributed by atoms with Crippen LogP contribution in [0.15, 0.2) is 23.1 Å². The summed E-state index contributed by atoms with van der Waals surface area (Å²) >= 11 is 0. The first kappa shape index (κ1) is 17.7. The molecule has 1 N–H and O–H groups in total. The molecule has 0 aliphatic carbocycles. The van der Waals surface area contributed by atoms with E-state index in [2.05, 4.69) is 4.90 Å². The fraction of sp³-hybridized carbons (Fsp3) is 0.562. The van der Waals surface area contributed by atoms with E-state index in [9.17, 15) is 13.2 Å². The van der Waals surface area contributed by atoms with Crippen molar-refractivity contribution in [3.05, 3.63) is 23.8 Å². The monoisotopic (exact) mass is 340 g/mol. The molecule has 1 aromatic rings. The first-order valence-electron chi connectivity index (χ1n) is 8.00. The molecule has 1 aliphatic heterocycles. The molecule has 2 rings (SSSR count). The van der Waals surface area contributed by atoms with E-state index in [0.29, 0.717) is 31.0 Å². The average molecular weight is 340 g/mol. The van der Waals surface area contributed by atoms with Crippen LogP contribution in [0.2, 0.25) is 0 Å². The molecule has 0 fully saturated rings. The topological polar surface area (TPSA) is 77.9 Å². The number of carboxylic acid groups (broad SMARTS) is 1. The third-order valence-electron chi connectivity index (χ3n) is 4.20. The molecule has 0 unspecified atom stereocenters. The van der Waals surface area contributed by atoms with Crippen molar-refractivity contribution in [1.29, 1.82) is 0 Å². The average Bonchev–Trinajstić information content (AvgIpc) is 2.90. The van der Waals surface area contributed by atoms with Gasteiger partial charge in [0, 0.05) is 38.3 Å². The standard InChI is InChI=1S/C16H24N2O4S/c1-3-18(4-2)23(21,22)14-7-8-15-13(12-14)9-11-17(15)10-5-6-16(19)20/h7-8,12H,3-6,9-11H2,1-2H3,(H,19,20). The third kappa shape index (κ3) is 3.84. The number of carboxylic acids is 1. The second-order valence-corrected chi connectivity index (χ2v) is 7.55. The summed E-state index contributed by atoms with van der Waals surface area (Å²) in [6, 6.07) is 5.27. The minimum Gasteiger partial charge on any atom is -0.481 e. The Morgan fingerprint density at radius 2 is 2.00 bits per heavy atom. The maximum Gasteiger partial charge on any atom is 0.303 e. The summed E-state index contributed by atoms with van der Waals surface area (Å²) in [7, 11) is -3.43.